The number of nitrogens with one attached hydrogen (secondary N) is 1. The summed E-state index contributed by atoms with van der Waals surface area (Å²) >= 11 is 12.1. The molecule has 0 spiro atoms. The van der Waals surface area contributed by atoms with Crippen LogP contribution in [0, 0.1) is 0 Å². The lowest BCUT2D eigenvalue weighted by atomic mass is 10.1. The highest BCUT2D eigenvalue weighted by Gasteiger charge is 2.19. The number of hydrogen-bond acceptors (Lipinski definition) is 3. The average molecular weight is 406 g/mol. The van der Waals surface area contributed by atoms with Gasteiger partial charge in [-0.1, -0.05) is 59.6 Å². The molecule has 0 atom stereocenters. The fraction of sp³-hybridized carbons (Fsp3) is 0.381. The summed E-state index contributed by atoms with van der Waals surface area (Å²) in [4.78, 5) is 16.7. The molecular weight excluding hydrogens is 381 g/mol. The molecule has 1 amide bonds. The zero-order valence-electron chi connectivity index (χ0n) is 15.3. The summed E-state index contributed by atoms with van der Waals surface area (Å²) in [6.45, 7) is 5.68. The number of carbonyl (C=O) groups is 1. The Bertz CT molecular complexity index is 746. The number of nitrogens with zero attached hydrogens (tertiary/aromatic N) is 2. The van der Waals surface area contributed by atoms with Crippen molar-refractivity contribution in [3.05, 3.63) is 69.7 Å². The largest absolute Gasteiger partial charge is 0.355 e. The van der Waals surface area contributed by atoms with Gasteiger partial charge in [0, 0.05) is 39.3 Å². The van der Waals surface area contributed by atoms with Crippen molar-refractivity contribution in [2.24, 2.45) is 0 Å². The van der Waals surface area contributed by atoms with Gasteiger partial charge in [-0.25, -0.2) is 0 Å². The third kappa shape index (κ3) is 6.51. The molecule has 0 aliphatic carbocycles. The second-order valence-electron chi connectivity index (χ2n) is 6.89. The summed E-state index contributed by atoms with van der Waals surface area (Å²) in [6, 6.07) is 16.0. The van der Waals surface area contributed by atoms with Crippen LogP contribution in [0.5, 0.6) is 0 Å². The molecule has 1 fully saturated rings. The minimum atomic E-state index is 0.101. The smallest absolute Gasteiger partial charge is 0.234 e. The van der Waals surface area contributed by atoms with Gasteiger partial charge in [-0.3, -0.25) is 14.6 Å². The first kappa shape index (κ1) is 20.2. The number of rotatable bonds is 7. The van der Waals surface area contributed by atoms with E-state index in [1.54, 1.807) is 0 Å². The standard InChI is InChI=1S/C21H25Cl2N3O/c22-19-7-6-18(14-20(19)23)15-25-10-12-26(13-11-25)16-21(27)24-9-8-17-4-2-1-3-5-17/h1-7,14H,8-13,15-16H2,(H,24,27). The minimum absolute atomic E-state index is 0.101. The van der Waals surface area contributed by atoms with Crippen molar-refractivity contribution in [1.29, 1.82) is 0 Å². The van der Waals surface area contributed by atoms with Gasteiger partial charge in [0.1, 0.15) is 0 Å². The highest BCUT2D eigenvalue weighted by atomic mass is 35.5. The highest BCUT2D eigenvalue weighted by Crippen LogP contribution is 2.23. The van der Waals surface area contributed by atoms with Crippen molar-refractivity contribution in [3.8, 4) is 0 Å². The second kappa shape index (κ2) is 10.1. The molecule has 4 nitrogen and oxygen atoms in total. The van der Waals surface area contributed by atoms with E-state index < -0.39 is 0 Å². The van der Waals surface area contributed by atoms with Crippen LogP contribution < -0.4 is 5.32 Å². The normalized spacial score (nSPS) is 15.6. The van der Waals surface area contributed by atoms with Gasteiger partial charge in [0.2, 0.25) is 5.91 Å². The predicted molar refractivity (Wildman–Crippen MR) is 111 cm³/mol. The van der Waals surface area contributed by atoms with Crippen molar-refractivity contribution < 1.29 is 4.79 Å². The summed E-state index contributed by atoms with van der Waals surface area (Å²) in [5.74, 6) is 0.101. The molecule has 2 aromatic rings. The summed E-state index contributed by atoms with van der Waals surface area (Å²) in [7, 11) is 0. The maximum absolute atomic E-state index is 12.1. The molecule has 144 valence electrons. The number of halogens is 2. The van der Waals surface area contributed by atoms with Gasteiger partial charge >= 0.3 is 0 Å². The van der Waals surface area contributed by atoms with E-state index in [0.29, 0.717) is 23.1 Å². The Morgan fingerprint density at radius 2 is 1.59 bits per heavy atom. The fourth-order valence-corrected chi connectivity index (χ4v) is 3.57. The monoisotopic (exact) mass is 405 g/mol. The van der Waals surface area contributed by atoms with E-state index >= 15 is 0 Å². The van der Waals surface area contributed by atoms with Gasteiger partial charge in [0.25, 0.3) is 0 Å². The maximum Gasteiger partial charge on any atom is 0.234 e. The van der Waals surface area contributed by atoms with Crippen molar-refractivity contribution >= 4 is 29.1 Å². The Balaban J connectivity index is 1.35. The maximum atomic E-state index is 12.1. The first-order valence-electron chi connectivity index (χ1n) is 9.29. The molecule has 27 heavy (non-hydrogen) atoms. The summed E-state index contributed by atoms with van der Waals surface area (Å²) < 4.78 is 0. The third-order valence-electron chi connectivity index (χ3n) is 4.80. The summed E-state index contributed by atoms with van der Waals surface area (Å²) in [6.07, 6.45) is 0.865. The van der Waals surface area contributed by atoms with E-state index in [-0.39, 0.29) is 5.91 Å². The number of benzene rings is 2. The predicted octanol–water partition coefficient (Wildman–Crippen LogP) is 3.47. The van der Waals surface area contributed by atoms with Crippen molar-refractivity contribution in [2.45, 2.75) is 13.0 Å². The topological polar surface area (TPSA) is 35.6 Å². The van der Waals surface area contributed by atoms with Crippen LogP contribution in [0.15, 0.2) is 48.5 Å². The van der Waals surface area contributed by atoms with Crippen LogP contribution in [-0.4, -0.2) is 55.0 Å². The van der Waals surface area contributed by atoms with Crippen molar-refractivity contribution in [3.63, 3.8) is 0 Å². The number of hydrogen-bond donors (Lipinski definition) is 1. The number of carbonyl (C=O) groups excluding carboxylic acids is 1. The quantitative estimate of drug-likeness (QED) is 0.765. The fourth-order valence-electron chi connectivity index (χ4n) is 3.25. The Labute approximate surface area is 171 Å². The van der Waals surface area contributed by atoms with E-state index in [9.17, 15) is 4.79 Å². The average Bonchev–Trinajstić information content (AvgIpc) is 2.67. The summed E-state index contributed by atoms with van der Waals surface area (Å²) in [5.41, 5.74) is 2.41. The van der Waals surface area contributed by atoms with Crippen LogP contribution in [0.25, 0.3) is 0 Å². The summed E-state index contributed by atoms with van der Waals surface area (Å²) in [5, 5.41) is 4.20. The zero-order valence-corrected chi connectivity index (χ0v) is 16.8. The molecule has 0 aromatic heterocycles. The van der Waals surface area contributed by atoms with Gasteiger partial charge in [-0.2, -0.15) is 0 Å². The van der Waals surface area contributed by atoms with Crippen LogP contribution in [0.1, 0.15) is 11.1 Å². The SMILES string of the molecule is O=C(CN1CCN(Cc2ccc(Cl)c(Cl)c2)CC1)NCCc1ccccc1. The molecule has 3 rings (SSSR count). The molecule has 0 saturated carbocycles. The molecule has 2 aromatic carbocycles. The Morgan fingerprint density at radius 1 is 0.889 bits per heavy atom. The second-order valence-corrected chi connectivity index (χ2v) is 7.70. The van der Waals surface area contributed by atoms with Crippen LogP contribution >= 0.6 is 23.2 Å². The molecule has 0 radical (unpaired) electrons. The van der Waals surface area contributed by atoms with Gasteiger partial charge in [0.15, 0.2) is 0 Å². The number of piperazine rings is 1. The van der Waals surface area contributed by atoms with E-state index in [1.165, 1.54) is 5.56 Å². The lowest BCUT2D eigenvalue weighted by Gasteiger charge is -2.34. The van der Waals surface area contributed by atoms with E-state index in [4.69, 9.17) is 23.2 Å². The van der Waals surface area contributed by atoms with Crippen LogP contribution in [-0.2, 0) is 17.8 Å². The van der Waals surface area contributed by atoms with Gasteiger partial charge in [-0.05, 0) is 29.7 Å². The van der Waals surface area contributed by atoms with Gasteiger partial charge in [0.05, 0.1) is 16.6 Å². The Hall–Kier alpha value is -1.59. The van der Waals surface area contributed by atoms with Crippen molar-refractivity contribution in [2.75, 3.05) is 39.3 Å². The van der Waals surface area contributed by atoms with Gasteiger partial charge < -0.3 is 5.32 Å². The zero-order chi connectivity index (χ0) is 19.1. The molecular formula is C21H25Cl2N3O. The third-order valence-corrected chi connectivity index (χ3v) is 5.54. The van der Waals surface area contributed by atoms with E-state index in [0.717, 1.165) is 44.7 Å². The van der Waals surface area contributed by atoms with Gasteiger partial charge in [-0.15, -0.1) is 0 Å². The molecule has 0 bridgehead atoms. The van der Waals surface area contributed by atoms with Crippen molar-refractivity contribution in [1.82, 2.24) is 15.1 Å². The Morgan fingerprint density at radius 3 is 2.30 bits per heavy atom. The molecule has 0 unspecified atom stereocenters. The minimum Gasteiger partial charge on any atom is -0.355 e. The molecule has 1 aliphatic rings. The molecule has 1 aliphatic heterocycles. The molecule has 1 N–H and O–H groups in total. The van der Waals surface area contributed by atoms with E-state index in [2.05, 4.69) is 27.2 Å². The lowest BCUT2D eigenvalue weighted by Crippen LogP contribution is -2.49. The first-order chi connectivity index (χ1) is 13.1. The highest BCUT2D eigenvalue weighted by molar-refractivity contribution is 6.42. The Kier molecular flexibility index (Phi) is 7.53. The molecule has 1 saturated heterocycles. The number of amides is 1. The van der Waals surface area contributed by atoms with E-state index in [1.807, 2.05) is 36.4 Å². The molecule has 6 heteroatoms. The first-order valence-corrected chi connectivity index (χ1v) is 10.0. The van der Waals surface area contributed by atoms with Crippen LogP contribution in [0.2, 0.25) is 10.0 Å². The van der Waals surface area contributed by atoms with Crippen LogP contribution in [0.3, 0.4) is 0 Å². The lowest BCUT2D eigenvalue weighted by molar-refractivity contribution is -0.122. The van der Waals surface area contributed by atoms with Crippen LogP contribution in [0.4, 0.5) is 0 Å². The molecule has 1 heterocycles.